The van der Waals surface area contributed by atoms with Gasteiger partial charge in [-0.05, 0) is 72.4 Å². The number of likely N-dealkylation sites (N-methyl/N-ethyl adjacent to an activating group) is 2. The standard InChI is InChI=1S/C26H26BrN3O4S/c1-29-16(12-28)11-25-22-14-3-5-19(31)23(22)34-24(25)18(7-8-26(25,33)20(29)9-14)30(2)21(32)6-4-17-10-15(27)13-35-17/h3-6,10,13,16,18,20,24,31,33H,7-9,11H2,1-2H3/b6-4+/t16?,18-,20+,24-,25-,26+/m0/s1. The lowest BCUT2D eigenvalue weighted by Gasteiger charge is -2.65. The lowest BCUT2D eigenvalue weighted by molar-refractivity contribution is -0.202. The summed E-state index contributed by atoms with van der Waals surface area (Å²) in [6, 6.07) is 6.99. The number of halogens is 1. The quantitative estimate of drug-likeness (QED) is 0.563. The number of hydrogen-bond donors (Lipinski definition) is 2. The number of carbonyl (C=O) groups excluding carboxylic acids is 1. The molecule has 6 atom stereocenters. The number of ether oxygens (including phenoxy) is 1. The molecule has 1 saturated heterocycles. The van der Waals surface area contributed by atoms with Gasteiger partial charge in [-0.15, -0.1) is 11.3 Å². The first-order valence-electron chi connectivity index (χ1n) is 11.8. The highest BCUT2D eigenvalue weighted by Crippen LogP contribution is 2.66. The number of benzene rings is 1. The van der Waals surface area contributed by atoms with Crippen LogP contribution in [0.1, 0.15) is 35.3 Å². The summed E-state index contributed by atoms with van der Waals surface area (Å²) in [7, 11) is 3.68. The molecule has 2 aliphatic carbocycles. The third-order valence-corrected chi connectivity index (χ3v) is 10.4. The van der Waals surface area contributed by atoms with Gasteiger partial charge in [0.25, 0.3) is 0 Å². The number of thiophene rings is 1. The smallest absolute Gasteiger partial charge is 0.246 e. The number of phenolic OH excluding ortho intramolecular Hbond substituents is 1. The van der Waals surface area contributed by atoms with Crippen LogP contribution in [0.25, 0.3) is 6.08 Å². The Kier molecular flexibility index (Phi) is 5.14. The number of nitrogens with zero attached hydrogens (tertiary/aromatic N) is 3. The molecule has 2 aromatic rings. The average Bonchev–Trinajstić information content (AvgIpc) is 3.41. The number of piperidine rings is 1. The van der Waals surface area contributed by atoms with Crippen molar-refractivity contribution in [2.24, 2.45) is 0 Å². The van der Waals surface area contributed by atoms with Crippen molar-refractivity contribution in [3.05, 3.63) is 50.1 Å². The maximum absolute atomic E-state index is 13.2. The summed E-state index contributed by atoms with van der Waals surface area (Å²) in [4.78, 5) is 17.9. The summed E-state index contributed by atoms with van der Waals surface area (Å²) in [5.41, 5.74) is -0.118. The first-order chi connectivity index (χ1) is 16.7. The van der Waals surface area contributed by atoms with Gasteiger partial charge in [0, 0.05) is 39.5 Å². The Bertz CT molecular complexity index is 1300. The number of amides is 1. The van der Waals surface area contributed by atoms with E-state index in [1.165, 1.54) is 0 Å². The van der Waals surface area contributed by atoms with Gasteiger partial charge in [-0.25, -0.2) is 0 Å². The SMILES string of the molecule is CN(C(=O)/C=C/c1cc(Br)cs1)[C@H]1CC[C@@]2(O)[C@H]3Cc4ccc(O)c5c4[C@@]2(CC(C#N)N3C)[C@H]1O5. The van der Waals surface area contributed by atoms with Crippen LogP contribution in [0, 0.1) is 11.3 Å². The molecule has 9 heteroatoms. The van der Waals surface area contributed by atoms with Gasteiger partial charge < -0.3 is 19.8 Å². The number of phenols is 1. The van der Waals surface area contributed by atoms with Gasteiger partial charge in [0.2, 0.25) is 5.91 Å². The molecular formula is C26H26BrN3O4S. The maximum Gasteiger partial charge on any atom is 0.246 e. The van der Waals surface area contributed by atoms with Gasteiger partial charge in [-0.1, -0.05) is 6.07 Å². The molecule has 2 N–H and O–H groups in total. The minimum Gasteiger partial charge on any atom is -0.504 e. The third kappa shape index (κ3) is 2.97. The summed E-state index contributed by atoms with van der Waals surface area (Å²) in [6.07, 6.45) is 4.83. The summed E-state index contributed by atoms with van der Waals surface area (Å²) >= 11 is 4.98. The number of aromatic hydroxyl groups is 1. The highest BCUT2D eigenvalue weighted by Gasteiger charge is 2.74. The normalized spacial score (nSPS) is 34.8. The van der Waals surface area contributed by atoms with Crippen molar-refractivity contribution in [2.75, 3.05) is 14.1 Å². The van der Waals surface area contributed by atoms with E-state index in [9.17, 15) is 20.3 Å². The maximum atomic E-state index is 13.2. The van der Waals surface area contributed by atoms with E-state index in [1.807, 2.05) is 29.5 Å². The van der Waals surface area contributed by atoms with Crippen molar-refractivity contribution in [2.45, 2.75) is 60.9 Å². The van der Waals surface area contributed by atoms with Crippen LogP contribution in [0.15, 0.2) is 34.1 Å². The van der Waals surface area contributed by atoms with Crippen LogP contribution in [0.2, 0.25) is 0 Å². The lowest BCUT2D eigenvalue weighted by atomic mass is 9.47. The zero-order valence-corrected chi connectivity index (χ0v) is 21.8. The highest BCUT2D eigenvalue weighted by molar-refractivity contribution is 9.10. The first-order valence-corrected chi connectivity index (χ1v) is 13.4. The second kappa shape index (κ2) is 7.81. The van der Waals surface area contributed by atoms with Crippen LogP contribution in [-0.2, 0) is 16.6 Å². The fourth-order valence-electron chi connectivity index (χ4n) is 7.14. The lowest BCUT2D eigenvalue weighted by Crippen LogP contribution is -2.79. The predicted molar refractivity (Wildman–Crippen MR) is 135 cm³/mol. The van der Waals surface area contributed by atoms with Crippen molar-refractivity contribution >= 4 is 39.2 Å². The van der Waals surface area contributed by atoms with Gasteiger partial charge in [-0.3, -0.25) is 9.69 Å². The number of carbonyl (C=O) groups is 1. The van der Waals surface area contributed by atoms with Crippen molar-refractivity contribution in [1.82, 2.24) is 9.80 Å². The number of likely N-dealkylation sites (tertiary alicyclic amines) is 1. The Morgan fingerprint density at radius 1 is 1.46 bits per heavy atom. The van der Waals surface area contributed by atoms with Crippen LogP contribution in [-0.4, -0.2) is 69.8 Å². The highest BCUT2D eigenvalue weighted by atomic mass is 79.9. The Balaban J connectivity index is 1.43. The summed E-state index contributed by atoms with van der Waals surface area (Å²) < 4.78 is 7.47. The molecule has 35 heavy (non-hydrogen) atoms. The summed E-state index contributed by atoms with van der Waals surface area (Å²) in [5.74, 6) is 0.288. The molecule has 3 heterocycles. The van der Waals surface area contributed by atoms with Gasteiger partial charge in [-0.2, -0.15) is 5.26 Å². The largest absolute Gasteiger partial charge is 0.504 e. The molecule has 7 nitrogen and oxygen atoms in total. The average molecular weight is 556 g/mol. The van der Waals surface area contributed by atoms with Crippen molar-refractivity contribution in [3.63, 3.8) is 0 Å². The van der Waals surface area contributed by atoms with Crippen LogP contribution < -0.4 is 4.74 Å². The van der Waals surface area contributed by atoms with Crippen LogP contribution in [0.4, 0.5) is 0 Å². The number of nitriles is 1. The molecular weight excluding hydrogens is 530 g/mol. The van der Waals surface area contributed by atoms with Gasteiger partial charge in [0.05, 0.1) is 29.2 Å². The molecule has 1 aromatic carbocycles. The second-order valence-corrected chi connectivity index (χ2v) is 12.0. The first kappa shape index (κ1) is 23.0. The zero-order chi connectivity index (χ0) is 24.7. The van der Waals surface area contributed by atoms with E-state index in [-0.39, 0.29) is 23.7 Å². The second-order valence-electron chi connectivity index (χ2n) is 10.2. The Morgan fingerprint density at radius 2 is 2.26 bits per heavy atom. The molecule has 1 amide bonds. The number of hydrogen-bond acceptors (Lipinski definition) is 7. The molecule has 1 unspecified atom stereocenters. The van der Waals surface area contributed by atoms with Crippen molar-refractivity contribution < 1.29 is 19.7 Å². The molecule has 4 aliphatic rings. The minimum absolute atomic E-state index is 0.0386. The monoisotopic (exact) mass is 555 g/mol. The molecule has 0 radical (unpaired) electrons. The van der Waals surface area contributed by atoms with E-state index in [0.29, 0.717) is 31.4 Å². The van der Waals surface area contributed by atoms with Gasteiger partial charge in [0.1, 0.15) is 6.10 Å². The van der Waals surface area contributed by atoms with Crippen molar-refractivity contribution in [3.8, 4) is 17.6 Å². The van der Waals surface area contributed by atoms with E-state index >= 15 is 0 Å². The number of aliphatic hydroxyl groups is 1. The fraction of sp³-hybridized carbons (Fsp3) is 0.462. The molecule has 182 valence electrons. The summed E-state index contributed by atoms with van der Waals surface area (Å²) in [6.45, 7) is 0. The molecule has 2 bridgehead atoms. The molecule has 2 fully saturated rings. The zero-order valence-electron chi connectivity index (χ0n) is 19.4. The van der Waals surface area contributed by atoms with Gasteiger partial charge in [0.15, 0.2) is 11.5 Å². The predicted octanol–water partition coefficient (Wildman–Crippen LogP) is 3.43. The Labute approximate surface area is 216 Å². The van der Waals surface area contributed by atoms with Crippen LogP contribution >= 0.6 is 27.3 Å². The van der Waals surface area contributed by atoms with E-state index in [0.717, 1.165) is 20.5 Å². The van der Waals surface area contributed by atoms with E-state index in [4.69, 9.17) is 4.74 Å². The van der Waals surface area contributed by atoms with E-state index in [2.05, 4.69) is 22.0 Å². The van der Waals surface area contributed by atoms with Gasteiger partial charge >= 0.3 is 0 Å². The molecule has 1 saturated carbocycles. The Hall–Kier alpha value is -2.38. The fourth-order valence-corrected chi connectivity index (χ4v) is 8.48. The molecule has 1 aromatic heterocycles. The molecule has 1 spiro atoms. The van der Waals surface area contributed by atoms with Crippen LogP contribution in [0.5, 0.6) is 11.5 Å². The van der Waals surface area contributed by atoms with E-state index in [1.54, 1.807) is 41.5 Å². The Morgan fingerprint density at radius 3 is 2.97 bits per heavy atom. The number of rotatable bonds is 3. The van der Waals surface area contributed by atoms with Crippen molar-refractivity contribution in [1.29, 1.82) is 5.26 Å². The third-order valence-electron chi connectivity index (χ3n) is 8.78. The van der Waals surface area contributed by atoms with E-state index < -0.39 is 23.2 Å². The summed E-state index contributed by atoms with van der Waals surface area (Å²) in [5, 5.41) is 35.0. The minimum atomic E-state index is -1.12. The molecule has 2 aliphatic heterocycles. The van der Waals surface area contributed by atoms with Crippen LogP contribution in [0.3, 0.4) is 0 Å². The molecule has 6 rings (SSSR count). The topological polar surface area (TPSA) is 97.0 Å².